The molecule has 0 spiro atoms. The van der Waals surface area contributed by atoms with Gasteiger partial charge in [0.05, 0.1) is 16.7 Å². The summed E-state index contributed by atoms with van der Waals surface area (Å²) in [7, 11) is 0. The Morgan fingerprint density at radius 2 is 1.76 bits per heavy atom. The molecule has 0 atom stereocenters. The number of benzene rings is 1. The molecule has 1 aromatic carbocycles. The molecule has 3 heterocycles. The van der Waals surface area contributed by atoms with Crippen LogP contribution in [0.3, 0.4) is 0 Å². The van der Waals surface area contributed by atoms with Gasteiger partial charge in [-0.1, -0.05) is 12.1 Å². The van der Waals surface area contributed by atoms with Crippen LogP contribution < -0.4 is 4.90 Å². The number of nitrogens with zero attached hydrogens (tertiary/aromatic N) is 4. The highest BCUT2D eigenvalue weighted by atomic mass is 16.4. The molecule has 2 N–H and O–H groups in total. The number of amides is 1. The van der Waals surface area contributed by atoms with Crippen LogP contribution in [0.15, 0.2) is 24.3 Å². The second-order valence-electron chi connectivity index (χ2n) is 6.92. The third kappa shape index (κ3) is 3.00. The molecule has 2 aromatic rings. The number of aliphatic hydroxyl groups excluding tert-OH is 1. The van der Waals surface area contributed by atoms with Crippen LogP contribution in [0.5, 0.6) is 0 Å². The number of rotatable bonds is 3. The van der Waals surface area contributed by atoms with Crippen molar-refractivity contribution in [3.8, 4) is 0 Å². The molecular weight excluding hydrogens is 320 g/mol. The van der Waals surface area contributed by atoms with Crippen molar-refractivity contribution in [2.75, 3.05) is 37.7 Å². The van der Waals surface area contributed by atoms with Crippen molar-refractivity contribution in [2.45, 2.75) is 18.8 Å². The molecule has 0 radical (unpaired) electrons. The molecule has 1 aromatic heterocycles. The molecule has 25 heavy (non-hydrogen) atoms. The van der Waals surface area contributed by atoms with E-state index in [1.54, 1.807) is 0 Å². The van der Waals surface area contributed by atoms with Crippen LogP contribution in [0.25, 0.3) is 11.0 Å². The van der Waals surface area contributed by atoms with Crippen LogP contribution in [0, 0.1) is 5.92 Å². The normalized spacial score (nSPS) is 19.2. The van der Waals surface area contributed by atoms with Crippen molar-refractivity contribution < 1.29 is 15.0 Å². The predicted molar refractivity (Wildman–Crippen MR) is 93.9 cm³/mol. The van der Waals surface area contributed by atoms with E-state index in [0.717, 1.165) is 48.5 Å². The van der Waals surface area contributed by atoms with Gasteiger partial charge in [-0.3, -0.25) is 0 Å². The summed E-state index contributed by atoms with van der Waals surface area (Å²) >= 11 is 0. The number of likely N-dealkylation sites (tertiary alicyclic amines) is 1. The van der Waals surface area contributed by atoms with Crippen molar-refractivity contribution in [3.63, 3.8) is 0 Å². The van der Waals surface area contributed by atoms with Gasteiger partial charge in [0.15, 0.2) is 5.82 Å². The fourth-order valence-corrected chi connectivity index (χ4v) is 3.65. The summed E-state index contributed by atoms with van der Waals surface area (Å²) in [6.07, 6.45) is 1.00. The van der Waals surface area contributed by atoms with Crippen LogP contribution in [-0.2, 0) is 0 Å². The predicted octanol–water partition coefficient (Wildman–Crippen LogP) is 1.92. The number of hydrogen-bond acceptors (Lipinski definition) is 5. The molecule has 2 fully saturated rings. The highest BCUT2D eigenvalue weighted by Crippen LogP contribution is 2.34. The summed E-state index contributed by atoms with van der Waals surface area (Å²) < 4.78 is 0. The van der Waals surface area contributed by atoms with E-state index in [-0.39, 0.29) is 12.5 Å². The number of carbonyl (C=O) groups is 1. The van der Waals surface area contributed by atoms with Gasteiger partial charge in [0.1, 0.15) is 0 Å². The minimum absolute atomic E-state index is 0.0961. The number of para-hydroxylation sites is 2. The number of anilines is 1. The Labute approximate surface area is 145 Å². The third-order valence-corrected chi connectivity index (χ3v) is 5.29. The SMILES string of the molecule is O=C(O)N1CC(c2nc3ccccc3nc2N2CCC(CO)CC2)C1. The molecule has 4 rings (SSSR count). The molecule has 0 saturated carbocycles. The number of carboxylic acid groups (broad SMARTS) is 1. The van der Waals surface area contributed by atoms with Crippen LogP contribution >= 0.6 is 0 Å². The monoisotopic (exact) mass is 342 g/mol. The van der Waals surface area contributed by atoms with Gasteiger partial charge >= 0.3 is 6.09 Å². The van der Waals surface area contributed by atoms with Gasteiger partial charge in [0, 0.05) is 38.7 Å². The number of aliphatic hydroxyl groups is 1. The fourth-order valence-electron chi connectivity index (χ4n) is 3.65. The first kappa shape index (κ1) is 16.1. The van der Waals surface area contributed by atoms with Crippen molar-refractivity contribution >= 4 is 22.9 Å². The molecule has 7 nitrogen and oxygen atoms in total. The van der Waals surface area contributed by atoms with E-state index < -0.39 is 6.09 Å². The van der Waals surface area contributed by atoms with Gasteiger partial charge in [-0.15, -0.1) is 0 Å². The standard InChI is InChI=1S/C18H22N4O3/c23-11-12-5-7-21(8-6-12)17-16(13-9-22(10-13)18(24)25)19-14-3-1-2-4-15(14)20-17/h1-4,12-13,23H,5-11H2,(H,24,25). The zero-order valence-electron chi connectivity index (χ0n) is 14.0. The van der Waals surface area contributed by atoms with E-state index in [1.807, 2.05) is 24.3 Å². The van der Waals surface area contributed by atoms with E-state index in [0.29, 0.717) is 19.0 Å². The van der Waals surface area contributed by atoms with Crippen molar-refractivity contribution in [1.82, 2.24) is 14.9 Å². The Kier molecular flexibility index (Phi) is 4.17. The minimum Gasteiger partial charge on any atom is -0.465 e. The largest absolute Gasteiger partial charge is 0.465 e. The first-order valence-corrected chi connectivity index (χ1v) is 8.76. The Hall–Kier alpha value is -2.41. The molecule has 0 bridgehead atoms. The average molecular weight is 342 g/mol. The summed E-state index contributed by atoms with van der Waals surface area (Å²) in [6.45, 7) is 2.88. The second-order valence-corrected chi connectivity index (χ2v) is 6.92. The van der Waals surface area contributed by atoms with Crippen molar-refractivity contribution in [1.29, 1.82) is 0 Å². The van der Waals surface area contributed by atoms with Gasteiger partial charge < -0.3 is 20.0 Å². The molecule has 2 saturated heterocycles. The Balaban J connectivity index is 1.66. The molecule has 2 aliphatic heterocycles. The van der Waals surface area contributed by atoms with Crippen LogP contribution in [0.1, 0.15) is 24.5 Å². The maximum Gasteiger partial charge on any atom is 0.407 e. The van der Waals surface area contributed by atoms with E-state index in [9.17, 15) is 9.90 Å². The lowest BCUT2D eigenvalue weighted by atomic mass is 9.94. The number of aromatic nitrogens is 2. The number of piperidine rings is 1. The van der Waals surface area contributed by atoms with E-state index in [1.165, 1.54) is 4.90 Å². The number of hydrogen-bond donors (Lipinski definition) is 2. The zero-order chi connectivity index (χ0) is 17.4. The maximum atomic E-state index is 11.1. The van der Waals surface area contributed by atoms with Gasteiger partial charge in [-0.2, -0.15) is 0 Å². The second kappa shape index (κ2) is 6.48. The lowest BCUT2D eigenvalue weighted by Gasteiger charge is -2.39. The summed E-state index contributed by atoms with van der Waals surface area (Å²) in [4.78, 5) is 24.4. The Morgan fingerprint density at radius 1 is 1.12 bits per heavy atom. The quantitative estimate of drug-likeness (QED) is 0.886. The summed E-state index contributed by atoms with van der Waals surface area (Å²) in [5.41, 5.74) is 2.61. The smallest absolute Gasteiger partial charge is 0.407 e. The highest BCUT2D eigenvalue weighted by Gasteiger charge is 2.36. The minimum atomic E-state index is -0.879. The topological polar surface area (TPSA) is 89.8 Å². The van der Waals surface area contributed by atoms with Crippen LogP contribution in [0.4, 0.5) is 10.6 Å². The highest BCUT2D eigenvalue weighted by molar-refractivity contribution is 5.77. The van der Waals surface area contributed by atoms with Gasteiger partial charge in [0.2, 0.25) is 0 Å². The summed E-state index contributed by atoms with van der Waals surface area (Å²) in [5.74, 6) is 1.34. The molecule has 132 valence electrons. The average Bonchev–Trinajstić information content (AvgIpc) is 2.59. The van der Waals surface area contributed by atoms with Crippen LogP contribution in [-0.4, -0.2) is 64.0 Å². The van der Waals surface area contributed by atoms with Crippen LogP contribution in [0.2, 0.25) is 0 Å². The lowest BCUT2D eigenvalue weighted by molar-refractivity contribution is 0.104. The molecule has 1 amide bonds. The summed E-state index contributed by atoms with van der Waals surface area (Å²) in [6, 6.07) is 7.80. The van der Waals surface area contributed by atoms with E-state index in [2.05, 4.69) is 4.90 Å². The Bertz CT molecular complexity index is 783. The summed E-state index contributed by atoms with van der Waals surface area (Å²) in [5, 5.41) is 18.5. The molecule has 2 aliphatic rings. The van der Waals surface area contributed by atoms with Gasteiger partial charge in [0.25, 0.3) is 0 Å². The zero-order valence-corrected chi connectivity index (χ0v) is 14.0. The molecule has 0 aliphatic carbocycles. The molecule has 7 heteroatoms. The van der Waals surface area contributed by atoms with E-state index >= 15 is 0 Å². The van der Waals surface area contributed by atoms with Gasteiger partial charge in [-0.25, -0.2) is 14.8 Å². The Morgan fingerprint density at radius 3 is 2.36 bits per heavy atom. The van der Waals surface area contributed by atoms with Crippen molar-refractivity contribution in [3.05, 3.63) is 30.0 Å². The number of fused-ring (bicyclic) bond motifs is 1. The van der Waals surface area contributed by atoms with Gasteiger partial charge in [-0.05, 0) is 30.9 Å². The lowest BCUT2D eigenvalue weighted by Crippen LogP contribution is -2.49. The molecule has 0 unspecified atom stereocenters. The first-order valence-electron chi connectivity index (χ1n) is 8.76. The fraction of sp³-hybridized carbons (Fsp3) is 0.500. The molecular formula is C18H22N4O3. The van der Waals surface area contributed by atoms with E-state index in [4.69, 9.17) is 15.1 Å². The maximum absolute atomic E-state index is 11.1. The third-order valence-electron chi connectivity index (χ3n) is 5.29. The first-order chi connectivity index (χ1) is 12.2. The van der Waals surface area contributed by atoms with Crippen molar-refractivity contribution in [2.24, 2.45) is 5.92 Å².